The Morgan fingerprint density at radius 2 is 1.97 bits per heavy atom. The van der Waals surface area contributed by atoms with E-state index in [1.807, 2.05) is 6.92 Å². The van der Waals surface area contributed by atoms with Crippen LogP contribution in [0.25, 0.3) is 0 Å². The highest BCUT2D eigenvalue weighted by molar-refractivity contribution is 6.34. The number of alkyl halides is 1. The first kappa shape index (κ1) is 26.6. The molecule has 0 amide bonds. The maximum Gasteiger partial charge on any atom is 0.337 e. The SMILES string of the molecule is C=C1C(=O)OC2C=C(C)CCC=C(C(=O)OC)C(OC(C)=O)C(OC(=O)C(C)(Cl)C(C)O)[C@H]12. The predicted octanol–water partition coefficient (Wildman–Crippen LogP) is 2.15. The molecule has 0 aromatic rings. The molecular formula is C23H29ClO9. The zero-order valence-electron chi connectivity index (χ0n) is 19.3. The standard InChI is InChI=1S/C23H29ClO9/c1-11-8-7-9-15(21(28)30-6)18(31-14(4)26)19(33-22(29)23(5,24)13(3)25)17-12(2)20(27)32-16(17)10-11/h9-10,13,16-19,25H,2,7-8H2,1,3-6H3/t13?,16?,17-,18?,19?,23?/m1/s1. The zero-order valence-corrected chi connectivity index (χ0v) is 20.0. The Bertz CT molecular complexity index is 900. The van der Waals surface area contributed by atoms with E-state index in [9.17, 15) is 24.3 Å². The summed E-state index contributed by atoms with van der Waals surface area (Å²) in [4.78, 5) is 48.2. The molecule has 1 aliphatic carbocycles. The molecule has 1 N–H and O–H groups in total. The van der Waals surface area contributed by atoms with Gasteiger partial charge in [0, 0.05) is 12.5 Å². The second-order valence-corrected chi connectivity index (χ2v) is 9.06. The molecule has 182 valence electrons. The topological polar surface area (TPSA) is 125 Å². The van der Waals surface area contributed by atoms with Crippen LogP contribution in [0.4, 0.5) is 0 Å². The average Bonchev–Trinajstić information content (AvgIpc) is 2.99. The Labute approximate surface area is 197 Å². The van der Waals surface area contributed by atoms with Crippen molar-refractivity contribution in [1.29, 1.82) is 0 Å². The summed E-state index contributed by atoms with van der Waals surface area (Å²) >= 11 is 6.21. The van der Waals surface area contributed by atoms with E-state index in [1.54, 1.807) is 6.08 Å². The van der Waals surface area contributed by atoms with Crippen molar-refractivity contribution in [3.8, 4) is 0 Å². The fourth-order valence-corrected chi connectivity index (χ4v) is 3.65. The van der Waals surface area contributed by atoms with E-state index in [0.717, 1.165) is 19.6 Å². The van der Waals surface area contributed by atoms with Crippen LogP contribution in [0, 0.1) is 5.92 Å². The summed E-state index contributed by atoms with van der Waals surface area (Å²) < 4.78 is 21.4. The summed E-state index contributed by atoms with van der Waals surface area (Å²) in [7, 11) is 1.16. The molecule has 2 rings (SSSR count). The number of aliphatic hydroxyl groups is 1. The summed E-state index contributed by atoms with van der Waals surface area (Å²) in [6.45, 7) is 9.29. The molecule has 1 fully saturated rings. The number of allylic oxidation sites excluding steroid dienone is 2. The minimum atomic E-state index is -1.86. The van der Waals surface area contributed by atoms with Gasteiger partial charge in [0.25, 0.3) is 0 Å². The van der Waals surface area contributed by atoms with Crippen LogP contribution in [0.1, 0.15) is 40.5 Å². The van der Waals surface area contributed by atoms with E-state index < -0.39 is 59.1 Å². The van der Waals surface area contributed by atoms with Gasteiger partial charge >= 0.3 is 23.9 Å². The van der Waals surface area contributed by atoms with Crippen molar-refractivity contribution in [2.75, 3.05) is 7.11 Å². The summed E-state index contributed by atoms with van der Waals surface area (Å²) in [6.07, 6.45) is -0.959. The Hall–Kier alpha value is -2.65. The second kappa shape index (κ2) is 10.5. The van der Waals surface area contributed by atoms with E-state index in [-0.39, 0.29) is 11.1 Å². The van der Waals surface area contributed by atoms with Crippen molar-refractivity contribution in [2.45, 2.75) is 69.8 Å². The van der Waals surface area contributed by atoms with Gasteiger partial charge in [-0.25, -0.2) is 9.59 Å². The monoisotopic (exact) mass is 484 g/mol. The minimum absolute atomic E-state index is 0.0305. The highest BCUT2D eigenvalue weighted by Crippen LogP contribution is 2.38. The molecule has 5 unspecified atom stereocenters. The second-order valence-electron chi connectivity index (χ2n) is 8.28. The van der Waals surface area contributed by atoms with Crippen LogP contribution in [0.3, 0.4) is 0 Å². The summed E-state index contributed by atoms with van der Waals surface area (Å²) in [5.41, 5.74) is 0.756. The van der Waals surface area contributed by atoms with Gasteiger partial charge in [-0.3, -0.25) is 9.59 Å². The molecule has 1 heterocycles. The van der Waals surface area contributed by atoms with Gasteiger partial charge in [-0.2, -0.15) is 0 Å². The van der Waals surface area contributed by atoms with Crippen molar-refractivity contribution < 1.29 is 43.2 Å². The van der Waals surface area contributed by atoms with Crippen LogP contribution in [0.5, 0.6) is 0 Å². The number of ether oxygens (including phenoxy) is 4. The smallest absolute Gasteiger partial charge is 0.337 e. The molecule has 0 saturated carbocycles. The largest absolute Gasteiger partial charge is 0.466 e. The van der Waals surface area contributed by atoms with E-state index in [0.29, 0.717) is 12.8 Å². The maximum atomic E-state index is 13.0. The van der Waals surface area contributed by atoms with Crippen LogP contribution < -0.4 is 0 Å². The Morgan fingerprint density at radius 3 is 2.52 bits per heavy atom. The lowest BCUT2D eigenvalue weighted by Crippen LogP contribution is -2.50. The lowest BCUT2D eigenvalue weighted by Gasteiger charge is -2.35. The lowest BCUT2D eigenvalue weighted by molar-refractivity contribution is -0.173. The Balaban J connectivity index is 2.72. The van der Waals surface area contributed by atoms with Gasteiger partial charge in [0.15, 0.2) is 17.1 Å². The van der Waals surface area contributed by atoms with Crippen molar-refractivity contribution in [1.82, 2.24) is 0 Å². The summed E-state index contributed by atoms with van der Waals surface area (Å²) in [6, 6.07) is 0. The van der Waals surface area contributed by atoms with E-state index in [2.05, 4.69) is 6.58 Å². The predicted molar refractivity (Wildman–Crippen MR) is 117 cm³/mol. The Kier molecular flexibility index (Phi) is 8.48. The number of carbonyl (C=O) groups is 4. The molecule has 10 heteroatoms. The third kappa shape index (κ3) is 5.83. The maximum absolute atomic E-state index is 13.0. The van der Waals surface area contributed by atoms with Gasteiger partial charge in [-0.1, -0.05) is 18.2 Å². The molecule has 0 radical (unpaired) electrons. The van der Waals surface area contributed by atoms with Crippen LogP contribution in [-0.4, -0.2) is 65.4 Å². The third-order valence-corrected chi connectivity index (χ3v) is 6.18. The van der Waals surface area contributed by atoms with Crippen LogP contribution in [-0.2, 0) is 38.1 Å². The fourth-order valence-electron chi connectivity index (χ4n) is 3.60. The highest BCUT2D eigenvalue weighted by Gasteiger charge is 2.52. The average molecular weight is 485 g/mol. The van der Waals surface area contributed by atoms with Gasteiger partial charge in [0.2, 0.25) is 0 Å². The molecule has 2 aliphatic rings. The van der Waals surface area contributed by atoms with Crippen LogP contribution >= 0.6 is 11.6 Å². The minimum Gasteiger partial charge on any atom is -0.466 e. The molecule has 1 aliphatic heterocycles. The van der Waals surface area contributed by atoms with Gasteiger partial charge < -0.3 is 24.1 Å². The first-order chi connectivity index (χ1) is 15.3. The van der Waals surface area contributed by atoms with Gasteiger partial charge in [0.05, 0.1) is 24.7 Å². The van der Waals surface area contributed by atoms with Crippen LogP contribution in [0.15, 0.2) is 35.5 Å². The number of hydrogen-bond donors (Lipinski definition) is 1. The first-order valence-corrected chi connectivity index (χ1v) is 10.8. The molecule has 0 aromatic heterocycles. The quantitative estimate of drug-likeness (QED) is 0.205. The van der Waals surface area contributed by atoms with Gasteiger partial charge in [0.1, 0.15) is 6.10 Å². The number of carbonyl (C=O) groups excluding carboxylic acids is 4. The summed E-state index contributed by atoms with van der Waals surface area (Å²) in [5.74, 6) is -4.34. The molecule has 0 aromatic carbocycles. The number of rotatable bonds is 5. The van der Waals surface area contributed by atoms with Crippen molar-refractivity contribution in [3.63, 3.8) is 0 Å². The van der Waals surface area contributed by atoms with Crippen molar-refractivity contribution >= 4 is 35.5 Å². The molecule has 9 nitrogen and oxygen atoms in total. The number of fused-ring (bicyclic) bond motifs is 1. The van der Waals surface area contributed by atoms with E-state index in [4.69, 9.17) is 30.5 Å². The number of halogens is 1. The molecular weight excluding hydrogens is 456 g/mol. The number of hydrogen-bond acceptors (Lipinski definition) is 9. The molecule has 33 heavy (non-hydrogen) atoms. The normalized spacial score (nSPS) is 28.2. The Morgan fingerprint density at radius 1 is 1.33 bits per heavy atom. The summed E-state index contributed by atoms with van der Waals surface area (Å²) in [5, 5.41) is 9.96. The molecule has 0 bridgehead atoms. The lowest BCUT2D eigenvalue weighted by atomic mass is 9.83. The molecule has 6 atom stereocenters. The number of esters is 4. The third-order valence-electron chi connectivity index (χ3n) is 5.71. The zero-order chi connectivity index (χ0) is 25.1. The van der Waals surface area contributed by atoms with Gasteiger partial charge in [-0.05, 0) is 39.7 Å². The highest BCUT2D eigenvalue weighted by atomic mass is 35.5. The van der Waals surface area contributed by atoms with E-state index >= 15 is 0 Å². The van der Waals surface area contributed by atoms with Crippen LogP contribution in [0.2, 0.25) is 0 Å². The van der Waals surface area contributed by atoms with Crippen molar-refractivity contribution in [2.24, 2.45) is 5.92 Å². The number of methoxy groups -OCH3 is 1. The number of aliphatic hydroxyl groups excluding tert-OH is 1. The fraction of sp³-hybridized carbons (Fsp3) is 0.565. The molecule has 0 spiro atoms. The first-order valence-electron chi connectivity index (χ1n) is 10.4. The van der Waals surface area contributed by atoms with E-state index in [1.165, 1.54) is 19.9 Å². The van der Waals surface area contributed by atoms with Gasteiger partial charge in [-0.15, -0.1) is 11.6 Å². The van der Waals surface area contributed by atoms with Crippen molar-refractivity contribution in [3.05, 3.63) is 35.5 Å². The molecule has 1 saturated heterocycles.